The van der Waals surface area contributed by atoms with E-state index in [-0.39, 0.29) is 0 Å². The summed E-state index contributed by atoms with van der Waals surface area (Å²) in [7, 11) is 0. The minimum absolute atomic E-state index is 0.702. The maximum atomic E-state index is 5.89. The Morgan fingerprint density at radius 3 is 2.93 bits per heavy atom. The van der Waals surface area contributed by atoms with E-state index in [0.717, 1.165) is 23.1 Å². The predicted octanol–water partition coefficient (Wildman–Crippen LogP) is 2.56. The molecule has 2 aromatic rings. The Morgan fingerprint density at radius 2 is 2.20 bits per heavy atom. The highest BCUT2D eigenvalue weighted by Crippen LogP contribution is 2.27. The highest BCUT2D eigenvalue weighted by Gasteiger charge is 2.05. The Bertz CT molecular complexity index is 491. The van der Waals surface area contributed by atoms with E-state index in [4.69, 9.17) is 5.73 Å². The highest BCUT2D eigenvalue weighted by molar-refractivity contribution is 5.97. The lowest BCUT2D eigenvalue weighted by Crippen LogP contribution is -2.02. The quantitative estimate of drug-likeness (QED) is 0.785. The molecule has 1 heterocycles. The second-order valence-corrected chi connectivity index (χ2v) is 3.64. The molecule has 1 aromatic carbocycles. The van der Waals surface area contributed by atoms with Gasteiger partial charge in [-0.3, -0.25) is 4.98 Å². The smallest absolute Gasteiger partial charge is 0.0743 e. The standard InChI is InChI=1S/C12H15N3/c1-3-14-12-9-5-4-8(2)6-11(9)15-7-10(12)13/h4-7H,3,13H2,1-2H3,(H,14,15). The maximum absolute atomic E-state index is 5.89. The zero-order valence-corrected chi connectivity index (χ0v) is 9.04. The van der Waals surface area contributed by atoms with Gasteiger partial charge in [0.25, 0.3) is 0 Å². The summed E-state index contributed by atoms with van der Waals surface area (Å²) in [6.07, 6.45) is 1.71. The van der Waals surface area contributed by atoms with Crippen molar-refractivity contribution in [3.05, 3.63) is 30.0 Å². The van der Waals surface area contributed by atoms with Crippen molar-refractivity contribution in [2.24, 2.45) is 0 Å². The van der Waals surface area contributed by atoms with Crippen molar-refractivity contribution in [2.45, 2.75) is 13.8 Å². The molecule has 0 aliphatic carbocycles. The van der Waals surface area contributed by atoms with Gasteiger partial charge in [0.15, 0.2) is 0 Å². The molecule has 3 N–H and O–H groups in total. The van der Waals surface area contributed by atoms with Gasteiger partial charge in [-0.05, 0) is 25.5 Å². The molecular formula is C12H15N3. The van der Waals surface area contributed by atoms with Crippen LogP contribution in [0.2, 0.25) is 0 Å². The zero-order chi connectivity index (χ0) is 10.8. The number of nitrogen functional groups attached to an aromatic ring is 1. The van der Waals surface area contributed by atoms with Crippen LogP contribution in [0.1, 0.15) is 12.5 Å². The van der Waals surface area contributed by atoms with Crippen molar-refractivity contribution in [1.82, 2.24) is 4.98 Å². The summed E-state index contributed by atoms with van der Waals surface area (Å²) in [6.45, 7) is 4.97. The number of pyridine rings is 1. The van der Waals surface area contributed by atoms with Crippen LogP contribution < -0.4 is 11.1 Å². The molecule has 0 bridgehead atoms. The van der Waals surface area contributed by atoms with Crippen LogP contribution in [0.5, 0.6) is 0 Å². The lowest BCUT2D eigenvalue weighted by molar-refractivity contribution is 1.21. The van der Waals surface area contributed by atoms with Crippen LogP contribution in [-0.4, -0.2) is 11.5 Å². The van der Waals surface area contributed by atoms with Crippen LogP contribution in [0.4, 0.5) is 11.4 Å². The second-order valence-electron chi connectivity index (χ2n) is 3.64. The molecule has 0 unspecified atom stereocenters. The molecule has 0 saturated heterocycles. The van der Waals surface area contributed by atoms with Gasteiger partial charge in [-0.15, -0.1) is 0 Å². The Balaban J connectivity index is 2.70. The first-order valence-electron chi connectivity index (χ1n) is 5.11. The average molecular weight is 201 g/mol. The summed E-state index contributed by atoms with van der Waals surface area (Å²) in [6, 6.07) is 6.20. The van der Waals surface area contributed by atoms with E-state index in [1.54, 1.807) is 6.20 Å². The summed E-state index contributed by atoms with van der Waals surface area (Å²) in [4.78, 5) is 4.32. The topological polar surface area (TPSA) is 50.9 Å². The number of aryl methyl sites for hydroxylation is 1. The number of nitrogens with two attached hydrogens (primary N) is 1. The largest absolute Gasteiger partial charge is 0.396 e. The molecular weight excluding hydrogens is 186 g/mol. The van der Waals surface area contributed by atoms with Crippen LogP contribution in [0.3, 0.4) is 0 Å². The molecule has 0 aliphatic rings. The number of anilines is 2. The Labute approximate surface area is 89.3 Å². The summed E-state index contributed by atoms with van der Waals surface area (Å²) < 4.78 is 0. The van der Waals surface area contributed by atoms with Crippen molar-refractivity contribution in [1.29, 1.82) is 0 Å². The fourth-order valence-electron chi connectivity index (χ4n) is 1.69. The van der Waals surface area contributed by atoms with E-state index in [2.05, 4.69) is 42.3 Å². The number of hydrogen-bond acceptors (Lipinski definition) is 3. The second kappa shape index (κ2) is 3.77. The summed E-state index contributed by atoms with van der Waals surface area (Å²) >= 11 is 0. The van der Waals surface area contributed by atoms with Crippen molar-refractivity contribution in [3.63, 3.8) is 0 Å². The molecule has 2 rings (SSSR count). The van der Waals surface area contributed by atoms with E-state index in [1.807, 2.05) is 0 Å². The van der Waals surface area contributed by atoms with E-state index in [1.165, 1.54) is 5.56 Å². The molecule has 0 amide bonds. The monoisotopic (exact) mass is 201 g/mol. The van der Waals surface area contributed by atoms with Gasteiger partial charge in [0.2, 0.25) is 0 Å². The average Bonchev–Trinajstić information content (AvgIpc) is 2.22. The fraction of sp³-hybridized carbons (Fsp3) is 0.250. The van der Waals surface area contributed by atoms with Crippen LogP contribution in [-0.2, 0) is 0 Å². The van der Waals surface area contributed by atoms with Crippen molar-refractivity contribution >= 4 is 22.3 Å². The summed E-state index contributed by atoms with van der Waals surface area (Å²) in [5, 5.41) is 4.36. The molecule has 0 aliphatic heterocycles. The molecule has 1 aromatic heterocycles. The fourth-order valence-corrected chi connectivity index (χ4v) is 1.69. The molecule has 15 heavy (non-hydrogen) atoms. The van der Waals surface area contributed by atoms with Gasteiger partial charge in [0, 0.05) is 11.9 Å². The molecule has 3 heteroatoms. The molecule has 0 radical (unpaired) electrons. The first-order valence-corrected chi connectivity index (χ1v) is 5.11. The van der Waals surface area contributed by atoms with E-state index < -0.39 is 0 Å². The SMILES string of the molecule is CCNc1c(N)cnc2cc(C)ccc12. The van der Waals surface area contributed by atoms with Crippen molar-refractivity contribution in [2.75, 3.05) is 17.6 Å². The van der Waals surface area contributed by atoms with Gasteiger partial charge in [0.05, 0.1) is 23.1 Å². The van der Waals surface area contributed by atoms with Crippen LogP contribution >= 0.6 is 0 Å². The lowest BCUT2D eigenvalue weighted by Gasteiger charge is -2.10. The number of nitrogens with one attached hydrogen (secondary N) is 1. The third kappa shape index (κ3) is 1.73. The summed E-state index contributed by atoms with van der Waals surface area (Å²) in [5.74, 6) is 0. The Kier molecular flexibility index (Phi) is 2.46. The predicted molar refractivity (Wildman–Crippen MR) is 65.1 cm³/mol. The first kappa shape index (κ1) is 9.77. The van der Waals surface area contributed by atoms with Crippen molar-refractivity contribution in [3.8, 4) is 0 Å². The Morgan fingerprint density at radius 1 is 1.40 bits per heavy atom. The lowest BCUT2D eigenvalue weighted by atomic mass is 10.1. The number of fused-ring (bicyclic) bond motifs is 1. The third-order valence-corrected chi connectivity index (χ3v) is 2.41. The molecule has 78 valence electrons. The van der Waals surface area contributed by atoms with Crippen LogP contribution in [0.15, 0.2) is 24.4 Å². The first-order chi connectivity index (χ1) is 7.22. The summed E-state index contributed by atoms with van der Waals surface area (Å²) in [5.41, 5.74) is 9.77. The number of benzene rings is 1. The van der Waals surface area contributed by atoms with E-state index in [9.17, 15) is 0 Å². The Hall–Kier alpha value is -1.77. The number of rotatable bonds is 2. The van der Waals surface area contributed by atoms with E-state index >= 15 is 0 Å². The normalized spacial score (nSPS) is 10.5. The van der Waals surface area contributed by atoms with E-state index in [0.29, 0.717) is 5.69 Å². The molecule has 0 saturated carbocycles. The van der Waals surface area contributed by atoms with Crippen LogP contribution in [0.25, 0.3) is 10.9 Å². The van der Waals surface area contributed by atoms with Gasteiger partial charge in [0.1, 0.15) is 0 Å². The van der Waals surface area contributed by atoms with Gasteiger partial charge < -0.3 is 11.1 Å². The number of aromatic nitrogens is 1. The minimum atomic E-state index is 0.702. The molecule has 3 nitrogen and oxygen atoms in total. The number of nitrogens with zero attached hydrogens (tertiary/aromatic N) is 1. The number of hydrogen-bond donors (Lipinski definition) is 2. The zero-order valence-electron chi connectivity index (χ0n) is 9.04. The van der Waals surface area contributed by atoms with Gasteiger partial charge in [-0.1, -0.05) is 12.1 Å². The minimum Gasteiger partial charge on any atom is -0.396 e. The molecule has 0 fully saturated rings. The molecule has 0 spiro atoms. The molecule has 0 atom stereocenters. The van der Waals surface area contributed by atoms with Crippen LogP contribution in [0, 0.1) is 6.92 Å². The maximum Gasteiger partial charge on any atom is 0.0743 e. The highest BCUT2D eigenvalue weighted by atomic mass is 14.9. The van der Waals surface area contributed by atoms with Gasteiger partial charge in [-0.25, -0.2) is 0 Å². The third-order valence-electron chi connectivity index (χ3n) is 2.41. The van der Waals surface area contributed by atoms with Gasteiger partial charge >= 0.3 is 0 Å². The van der Waals surface area contributed by atoms with Crippen molar-refractivity contribution < 1.29 is 0 Å². The van der Waals surface area contributed by atoms with Gasteiger partial charge in [-0.2, -0.15) is 0 Å².